The van der Waals surface area contributed by atoms with Crippen LogP contribution < -0.4 is 4.90 Å². The number of nitrogens with zero attached hydrogens (tertiary/aromatic N) is 4. The third kappa shape index (κ3) is 2.45. The van der Waals surface area contributed by atoms with Gasteiger partial charge in [0.05, 0.1) is 0 Å². The highest BCUT2D eigenvalue weighted by molar-refractivity contribution is 9.10. The average Bonchev–Trinajstić information content (AvgIpc) is 3.00. The summed E-state index contributed by atoms with van der Waals surface area (Å²) in [5.74, 6) is 1.05. The van der Waals surface area contributed by atoms with Gasteiger partial charge in [-0.25, -0.2) is 9.97 Å². The molecule has 0 saturated carbocycles. The monoisotopic (exact) mass is 296 g/mol. The summed E-state index contributed by atoms with van der Waals surface area (Å²) >= 11 is 3.40. The third-order valence-corrected chi connectivity index (χ3v) is 4.20. The summed E-state index contributed by atoms with van der Waals surface area (Å²) in [5.41, 5.74) is 0. The summed E-state index contributed by atoms with van der Waals surface area (Å²) in [6, 6.07) is 2.73. The zero-order valence-electron chi connectivity index (χ0n) is 9.85. The Kier molecular flexibility index (Phi) is 3.29. The molecule has 0 amide bonds. The maximum atomic E-state index is 4.35. The van der Waals surface area contributed by atoms with Gasteiger partial charge >= 0.3 is 0 Å². The summed E-state index contributed by atoms with van der Waals surface area (Å²) < 4.78 is 0.868. The van der Waals surface area contributed by atoms with Gasteiger partial charge in [0, 0.05) is 25.2 Å². The Labute approximate surface area is 110 Å². The molecule has 1 aromatic rings. The highest BCUT2D eigenvalue weighted by Gasteiger charge is 2.29. The van der Waals surface area contributed by atoms with Crippen LogP contribution in [-0.2, 0) is 0 Å². The average molecular weight is 297 g/mol. The Bertz CT molecular complexity index is 392. The Morgan fingerprint density at radius 3 is 2.76 bits per heavy atom. The fourth-order valence-electron chi connectivity index (χ4n) is 2.85. The van der Waals surface area contributed by atoms with Gasteiger partial charge in [-0.1, -0.05) is 0 Å². The van der Waals surface area contributed by atoms with E-state index >= 15 is 0 Å². The van der Waals surface area contributed by atoms with E-state index in [4.69, 9.17) is 0 Å². The number of hydrogen-bond acceptors (Lipinski definition) is 4. The molecule has 3 rings (SSSR count). The number of anilines is 1. The lowest BCUT2D eigenvalue weighted by Gasteiger charge is -2.23. The summed E-state index contributed by atoms with van der Waals surface area (Å²) in [4.78, 5) is 13.4. The van der Waals surface area contributed by atoms with Gasteiger partial charge in [-0.05, 0) is 48.3 Å². The van der Waals surface area contributed by atoms with Crippen LogP contribution >= 0.6 is 15.9 Å². The lowest BCUT2D eigenvalue weighted by Crippen LogP contribution is -2.35. The van der Waals surface area contributed by atoms with E-state index in [1.165, 1.54) is 32.4 Å². The van der Waals surface area contributed by atoms with Gasteiger partial charge in [0.15, 0.2) is 0 Å². The molecule has 2 aliphatic heterocycles. The van der Waals surface area contributed by atoms with Gasteiger partial charge in [-0.15, -0.1) is 0 Å². The van der Waals surface area contributed by atoms with Crippen molar-refractivity contribution in [1.29, 1.82) is 0 Å². The second kappa shape index (κ2) is 4.90. The van der Waals surface area contributed by atoms with Crippen LogP contribution in [0.1, 0.15) is 19.3 Å². The van der Waals surface area contributed by atoms with Crippen molar-refractivity contribution in [2.75, 3.05) is 31.1 Å². The van der Waals surface area contributed by atoms with Crippen LogP contribution in [0, 0.1) is 0 Å². The Morgan fingerprint density at radius 1 is 1.18 bits per heavy atom. The first kappa shape index (κ1) is 11.4. The fourth-order valence-corrected chi connectivity index (χ4v) is 3.15. The molecule has 2 aliphatic rings. The summed E-state index contributed by atoms with van der Waals surface area (Å²) in [6.07, 6.45) is 5.63. The van der Waals surface area contributed by atoms with E-state index < -0.39 is 0 Å². The van der Waals surface area contributed by atoms with Crippen molar-refractivity contribution in [1.82, 2.24) is 14.9 Å². The van der Waals surface area contributed by atoms with Crippen LogP contribution in [-0.4, -0.2) is 47.1 Å². The van der Waals surface area contributed by atoms with E-state index in [1.54, 1.807) is 6.33 Å². The van der Waals surface area contributed by atoms with E-state index in [0.29, 0.717) is 0 Å². The van der Waals surface area contributed by atoms with Gasteiger partial charge in [-0.2, -0.15) is 0 Å². The Hall–Kier alpha value is -0.680. The minimum atomic E-state index is 0.728. The molecule has 17 heavy (non-hydrogen) atoms. The molecule has 0 N–H and O–H groups in total. The SMILES string of the molecule is Brc1cc(N2CCC(N3CCCC3)C2)ncn1. The largest absolute Gasteiger partial charge is 0.355 e. The molecular formula is C12H17BrN4. The number of rotatable bonds is 2. The van der Waals surface area contributed by atoms with Crippen LogP contribution in [0.5, 0.6) is 0 Å². The third-order valence-electron chi connectivity index (χ3n) is 3.76. The quantitative estimate of drug-likeness (QED) is 0.781. The number of likely N-dealkylation sites (tertiary alicyclic amines) is 1. The minimum absolute atomic E-state index is 0.728. The van der Waals surface area contributed by atoms with Crippen LogP contribution in [0.15, 0.2) is 17.0 Å². The van der Waals surface area contributed by atoms with Crippen molar-refractivity contribution >= 4 is 21.7 Å². The molecule has 92 valence electrons. The molecule has 3 heterocycles. The summed E-state index contributed by atoms with van der Waals surface area (Å²) in [6.45, 7) is 4.80. The van der Waals surface area contributed by atoms with Gasteiger partial charge in [0.2, 0.25) is 0 Å². The summed E-state index contributed by atoms with van der Waals surface area (Å²) in [5, 5.41) is 0. The van der Waals surface area contributed by atoms with Crippen LogP contribution in [0.2, 0.25) is 0 Å². The zero-order chi connectivity index (χ0) is 11.7. The molecule has 5 heteroatoms. The lowest BCUT2D eigenvalue weighted by atomic mass is 10.2. The standard InChI is InChI=1S/C12H17BrN4/c13-11-7-12(15-9-14-11)17-6-3-10(8-17)16-4-1-2-5-16/h7,9-10H,1-6,8H2. The first-order valence-corrected chi connectivity index (χ1v) is 7.09. The van der Waals surface area contributed by atoms with Crippen molar-refractivity contribution in [2.24, 2.45) is 0 Å². The fraction of sp³-hybridized carbons (Fsp3) is 0.667. The highest BCUT2D eigenvalue weighted by Crippen LogP contribution is 2.24. The molecule has 1 atom stereocenters. The molecule has 0 spiro atoms. The molecule has 1 aromatic heterocycles. The molecule has 2 fully saturated rings. The Balaban J connectivity index is 1.67. The van der Waals surface area contributed by atoms with Gasteiger partial charge in [0.25, 0.3) is 0 Å². The first-order valence-electron chi connectivity index (χ1n) is 6.29. The van der Waals surface area contributed by atoms with Crippen molar-refractivity contribution < 1.29 is 0 Å². The molecule has 0 aromatic carbocycles. The van der Waals surface area contributed by atoms with Crippen molar-refractivity contribution in [2.45, 2.75) is 25.3 Å². The minimum Gasteiger partial charge on any atom is -0.355 e. The molecule has 0 bridgehead atoms. The van der Waals surface area contributed by atoms with E-state index in [9.17, 15) is 0 Å². The zero-order valence-corrected chi connectivity index (χ0v) is 11.4. The molecule has 0 aliphatic carbocycles. The van der Waals surface area contributed by atoms with Gasteiger partial charge < -0.3 is 4.90 Å². The van der Waals surface area contributed by atoms with Crippen molar-refractivity contribution in [3.63, 3.8) is 0 Å². The second-order valence-electron chi connectivity index (χ2n) is 4.83. The van der Waals surface area contributed by atoms with E-state index in [0.717, 1.165) is 29.6 Å². The highest BCUT2D eigenvalue weighted by atomic mass is 79.9. The molecule has 2 saturated heterocycles. The Morgan fingerprint density at radius 2 is 2.00 bits per heavy atom. The van der Waals surface area contributed by atoms with Crippen molar-refractivity contribution in [3.8, 4) is 0 Å². The molecule has 4 nitrogen and oxygen atoms in total. The number of hydrogen-bond donors (Lipinski definition) is 0. The molecule has 1 unspecified atom stereocenters. The van der Waals surface area contributed by atoms with Gasteiger partial charge in [0.1, 0.15) is 16.7 Å². The molecular weight excluding hydrogens is 280 g/mol. The first-order chi connectivity index (χ1) is 8.33. The summed E-state index contributed by atoms with van der Waals surface area (Å²) in [7, 11) is 0. The topological polar surface area (TPSA) is 32.3 Å². The van der Waals surface area contributed by atoms with Crippen LogP contribution in [0.3, 0.4) is 0 Å². The van der Waals surface area contributed by atoms with E-state index in [2.05, 4.69) is 35.7 Å². The predicted octanol–water partition coefficient (Wildman–Crippen LogP) is 1.91. The number of aromatic nitrogens is 2. The van der Waals surface area contributed by atoms with E-state index in [1.807, 2.05) is 6.07 Å². The normalized spacial score (nSPS) is 25.7. The predicted molar refractivity (Wildman–Crippen MR) is 71.2 cm³/mol. The second-order valence-corrected chi connectivity index (χ2v) is 5.64. The smallest absolute Gasteiger partial charge is 0.133 e. The number of halogens is 1. The maximum absolute atomic E-state index is 4.35. The van der Waals surface area contributed by atoms with E-state index in [-0.39, 0.29) is 0 Å². The van der Waals surface area contributed by atoms with Gasteiger partial charge in [-0.3, -0.25) is 4.90 Å². The van der Waals surface area contributed by atoms with Crippen molar-refractivity contribution in [3.05, 3.63) is 17.0 Å². The van der Waals surface area contributed by atoms with Crippen LogP contribution in [0.25, 0.3) is 0 Å². The van der Waals surface area contributed by atoms with Crippen LogP contribution in [0.4, 0.5) is 5.82 Å². The lowest BCUT2D eigenvalue weighted by molar-refractivity contribution is 0.260. The maximum Gasteiger partial charge on any atom is 0.133 e. The molecule has 0 radical (unpaired) electrons.